The molecule has 11 heteroatoms. The molecule has 0 spiro atoms. The fraction of sp³-hybridized carbons (Fsp3) is 0.387. The van der Waals surface area contributed by atoms with Crippen LogP contribution >= 0.6 is 11.8 Å². The van der Waals surface area contributed by atoms with E-state index >= 15 is 0 Å². The second kappa shape index (κ2) is 15.9. The van der Waals surface area contributed by atoms with Crippen molar-refractivity contribution < 1.29 is 26.4 Å². The van der Waals surface area contributed by atoms with Crippen LogP contribution in [0.1, 0.15) is 45.1 Å². The van der Waals surface area contributed by atoms with Gasteiger partial charge in [-0.1, -0.05) is 99.1 Å². The Kier molecular flexibility index (Phi) is 12.6. The van der Waals surface area contributed by atoms with Gasteiger partial charge in [0.1, 0.15) is 17.2 Å². The van der Waals surface area contributed by atoms with Gasteiger partial charge in [-0.3, -0.25) is 4.79 Å². The van der Waals surface area contributed by atoms with Gasteiger partial charge < -0.3 is 4.74 Å². The van der Waals surface area contributed by atoms with E-state index < -0.39 is 43.3 Å². The van der Waals surface area contributed by atoms with Crippen molar-refractivity contribution in [3.63, 3.8) is 0 Å². The van der Waals surface area contributed by atoms with Crippen LogP contribution in [0.3, 0.4) is 0 Å². The number of nitrogens with zero attached hydrogens (tertiary/aromatic N) is 2. The van der Waals surface area contributed by atoms with Gasteiger partial charge in [0.25, 0.3) is 0 Å². The summed E-state index contributed by atoms with van der Waals surface area (Å²) in [4.78, 5) is 17.7. The Labute approximate surface area is 253 Å². The van der Waals surface area contributed by atoms with Crippen LogP contribution in [-0.2, 0) is 29.2 Å². The second-order valence-electron chi connectivity index (χ2n) is 9.92. The summed E-state index contributed by atoms with van der Waals surface area (Å²) in [5.74, 6) is -2.39. The summed E-state index contributed by atoms with van der Waals surface area (Å²) in [6.45, 7) is 3.72. The molecule has 0 N–H and O–H groups in total. The highest BCUT2D eigenvalue weighted by atomic mass is 32.2. The quantitative estimate of drug-likeness (QED) is 0.144. The number of aromatic nitrogens is 1. The second-order valence-corrected chi connectivity index (χ2v) is 15.3. The van der Waals surface area contributed by atoms with Gasteiger partial charge in [0.2, 0.25) is 0 Å². The predicted octanol–water partition coefficient (Wildman–Crippen LogP) is 5.72. The van der Waals surface area contributed by atoms with E-state index in [1.165, 1.54) is 0 Å². The summed E-state index contributed by atoms with van der Waals surface area (Å²) in [6.07, 6.45) is 0.879. The van der Waals surface area contributed by atoms with Crippen molar-refractivity contribution in [2.75, 3.05) is 28.8 Å². The lowest BCUT2D eigenvalue weighted by molar-refractivity contribution is -0.143. The average Bonchev–Trinajstić information content (AvgIpc) is 2.98. The maximum Gasteiger partial charge on any atom is 0.316 e. The molecule has 0 radical (unpaired) electrons. The molecule has 0 aliphatic heterocycles. The van der Waals surface area contributed by atoms with Crippen LogP contribution in [0.2, 0.25) is 0 Å². The summed E-state index contributed by atoms with van der Waals surface area (Å²) >= 11 is 0.996. The van der Waals surface area contributed by atoms with Gasteiger partial charge in [0.15, 0.2) is 19.7 Å². The van der Waals surface area contributed by atoms with Gasteiger partial charge in [0.05, 0.1) is 40.0 Å². The number of sulfone groups is 2. The third-order valence-corrected chi connectivity index (χ3v) is 10.9. The highest BCUT2D eigenvalue weighted by Gasteiger charge is 2.28. The number of nitriles is 1. The number of carbonyl (C=O) groups is 1. The minimum atomic E-state index is -3.64. The zero-order chi connectivity index (χ0) is 30.6. The Bertz CT molecular complexity index is 1550. The molecule has 8 nitrogen and oxygen atoms in total. The van der Waals surface area contributed by atoms with Crippen molar-refractivity contribution in [1.29, 1.82) is 5.26 Å². The number of rotatable bonds is 16. The molecule has 2 aromatic carbocycles. The maximum atomic E-state index is 13.0. The number of hydrogen-bond donors (Lipinski definition) is 0. The number of benzene rings is 2. The molecule has 3 rings (SSSR count). The van der Waals surface area contributed by atoms with Gasteiger partial charge in [-0.25, -0.2) is 21.8 Å². The first kappa shape index (κ1) is 33.3. The fourth-order valence-corrected chi connectivity index (χ4v) is 8.49. The third-order valence-electron chi connectivity index (χ3n) is 6.37. The normalized spacial score (nSPS) is 11.8. The van der Waals surface area contributed by atoms with E-state index in [0.717, 1.165) is 22.9 Å². The van der Waals surface area contributed by atoms with E-state index in [0.29, 0.717) is 47.5 Å². The Morgan fingerprint density at radius 3 is 1.90 bits per heavy atom. The molecule has 42 heavy (non-hydrogen) atoms. The molecule has 0 saturated heterocycles. The first-order valence-electron chi connectivity index (χ1n) is 13.9. The summed E-state index contributed by atoms with van der Waals surface area (Å²) in [6, 6.07) is 22.9. The number of pyridine rings is 1. The molecule has 0 saturated carbocycles. The molecule has 0 unspecified atom stereocenters. The van der Waals surface area contributed by atoms with Crippen LogP contribution in [0.5, 0.6) is 0 Å². The van der Waals surface area contributed by atoms with E-state index in [2.05, 4.69) is 11.1 Å². The molecule has 0 aliphatic rings. The van der Waals surface area contributed by atoms with E-state index in [1.807, 2.05) is 80.6 Å². The largest absolute Gasteiger partial charge is 0.460 e. The molecule has 3 aromatic rings. The van der Waals surface area contributed by atoms with E-state index in [-0.39, 0.29) is 17.3 Å². The van der Waals surface area contributed by atoms with Crippen molar-refractivity contribution >= 4 is 37.4 Å². The molecule has 0 amide bonds. The SMILES string of the molecule is CCCCS(=O)(=O)CC(CS(=O)(=O)CCCC)OC(=O)CSc1nc(-c2ccccc2)cc(-c2ccccc2)c1C#N. The monoisotopic (exact) mass is 628 g/mol. The molecule has 224 valence electrons. The number of esters is 1. The van der Waals surface area contributed by atoms with E-state index in [1.54, 1.807) is 0 Å². The van der Waals surface area contributed by atoms with E-state index in [4.69, 9.17) is 4.74 Å². The Morgan fingerprint density at radius 1 is 0.881 bits per heavy atom. The van der Waals surface area contributed by atoms with Gasteiger partial charge >= 0.3 is 5.97 Å². The highest BCUT2D eigenvalue weighted by molar-refractivity contribution is 8.00. The number of ether oxygens (including phenoxy) is 1. The summed E-state index contributed by atoms with van der Waals surface area (Å²) in [5.41, 5.74) is 3.21. The smallest absolute Gasteiger partial charge is 0.316 e. The zero-order valence-corrected chi connectivity index (χ0v) is 26.3. The van der Waals surface area contributed by atoms with Gasteiger partial charge in [-0.15, -0.1) is 0 Å². The van der Waals surface area contributed by atoms with Crippen molar-refractivity contribution in [2.45, 2.75) is 50.7 Å². The summed E-state index contributed by atoms with van der Waals surface area (Å²) in [5, 5.41) is 10.4. The summed E-state index contributed by atoms with van der Waals surface area (Å²) in [7, 11) is -7.27. The molecule has 0 bridgehead atoms. The minimum absolute atomic E-state index is 0.106. The van der Waals surface area contributed by atoms with E-state index in [9.17, 15) is 26.9 Å². The molecule has 0 fully saturated rings. The average molecular weight is 629 g/mol. The molecular formula is C31H36N2O6S3. The van der Waals surface area contributed by atoms with Crippen LogP contribution in [0, 0.1) is 11.3 Å². The van der Waals surface area contributed by atoms with Crippen LogP contribution in [0.15, 0.2) is 71.8 Å². The van der Waals surface area contributed by atoms with Crippen LogP contribution in [0.25, 0.3) is 22.4 Å². The number of thioether (sulfide) groups is 1. The fourth-order valence-electron chi connectivity index (χ4n) is 4.26. The molecule has 0 aliphatic carbocycles. The van der Waals surface area contributed by atoms with Crippen molar-refractivity contribution in [3.05, 3.63) is 72.3 Å². The topological polar surface area (TPSA) is 131 Å². The Balaban J connectivity index is 1.87. The van der Waals surface area contributed by atoms with Crippen LogP contribution in [0.4, 0.5) is 0 Å². The first-order chi connectivity index (χ1) is 20.1. The van der Waals surface area contributed by atoms with Gasteiger partial charge in [-0.05, 0) is 24.5 Å². The van der Waals surface area contributed by atoms with Crippen molar-refractivity contribution in [2.24, 2.45) is 0 Å². The lowest BCUT2D eigenvalue weighted by Crippen LogP contribution is -2.35. The number of hydrogen-bond acceptors (Lipinski definition) is 9. The van der Waals surface area contributed by atoms with Crippen LogP contribution in [-0.4, -0.2) is 62.7 Å². The maximum absolute atomic E-state index is 13.0. The third kappa shape index (κ3) is 10.3. The number of carbonyl (C=O) groups excluding carboxylic acids is 1. The molecule has 1 heterocycles. The molecular weight excluding hydrogens is 593 g/mol. The highest BCUT2D eigenvalue weighted by Crippen LogP contribution is 2.34. The lowest BCUT2D eigenvalue weighted by atomic mass is 9.99. The zero-order valence-electron chi connectivity index (χ0n) is 23.9. The van der Waals surface area contributed by atoms with Gasteiger partial charge in [-0.2, -0.15) is 5.26 Å². The first-order valence-corrected chi connectivity index (χ1v) is 18.5. The molecule has 0 atom stereocenters. The van der Waals surface area contributed by atoms with Crippen LogP contribution < -0.4 is 0 Å². The molecule has 1 aromatic heterocycles. The minimum Gasteiger partial charge on any atom is -0.460 e. The summed E-state index contributed by atoms with van der Waals surface area (Å²) < 4.78 is 56.1. The number of unbranched alkanes of at least 4 members (excludes halogenated alkanes) is 2. The standard InChI is InChI=1S/C31H36N2O6S3/c1-3-5-17-41(35,36)22-26(23-42(37,38)18-6-4-2)39-30(34)21-40-31-28(20-32)27(24-13-9-7-10-14-24)19-29(33-31)25-15-11-8-12-16-25/h7-16,19,26H,3-6,17-18,21-23H2,1-2H3. The Hall–Kier alpha value is -3.20. The lowest BCUT2D eigenvalue weighted by Gasteiger charge is -2.18. The Morgan fingerprint density at radius 2 is 1.40 bits per heavy atom. The predicted molar refractivity (Wildman–Crippen MR) is 168 cm³/mol. The van der Waals surface area contributed by atoms with Crippen molar-refractivity contribution in [1.82, 2.24) is 4.98 Å². The van der Waals surface area contributed by atoms with Crippen molar-refractivity contribution in [3.8, 4) is 28.5 Å². The van der Waals surface area contributed by atoms with Gasteiger partial charge in [0, 0.05) is 11.1 Å².